The second-order valence-corrected chi connectivity index (χ2v) is 10.1. The van der Waals surface area contributed by atoms with Gasteiger partial charge in [0.1, 0.15) is 17.8 Å². The number of nitrogens with one attached hydrogen (secondary N) is 1. The summed E-state index contributed by atoms with van der Waals surface area (Å²) in [6, 6.07) is 13.6. The summed E-state index contributed by atoms with van der Waals surface area (Å²) in [6.07, 6.45) is 4.46. The lowest BCUT2D eigenvalue weighted by atomic mass is 10.1. The van der Waals surface area contributed by atoms with Crippen LogP contribution in [0.3, 0.4) is 0 Å². The van der Waals surface area contributed by atoms with Gasteiger partial charge in [-0.2, -0.15) is 0 Å². The number of hydrogen-bond acceptors (Lipinski definition) is 4. The summed E-state index contributed by atoms with van der Waals surface area (Å²) in [6.45, 7) is 0. The van der Waals surface area contributed by atoms with Crippen molar-refractivity contribution in [3.05, 3.63) is 71.3 Å². The van der Waals surface area contributed by atoms with E-state index in [0.29, 0.717) is 29.8 Å². The Balaban J connectivity index is 1.68. The van der Waals surface area contributed by atoms with Crippen molar-refractivity contribution in [1.82, 2.24) is 14.5 Å². The minimum atomic E-state index is -3.48. The summed E-state index contributed by atoms with van der Waals surface area (Å²) in [4.78, 5) is 8.57. The van der Waals surface area contributed by atoms with E-state index in [4.69, 9.17) is 0 Å². The number of aromatic nitrogens is 3. The van der Waals surface area contributed by atoms with E-state index in [9.17, 15) is 12.8 Å². The van der Waals surface area contributed by atoms with Gasteiger partial charge in [-0.15, -0.1) is 0 Å². The molecule has 2 aromatic heterocycles. The summed E-state index contributed by atoms with van der Waals surface area (Å²) in [5.41, 5.74) is 3.25. The van der Waals surface area contributed by atoms with Gasteiger partial charge in [0.2, 0.25) is 10.0 Å². The quantitative estimate of drug-likeness (QED) is 0.435. The summed E-state index contributed by atoms with van der Waals surface area (Å²) in [7, 11) is -3.48. The molecular formula is C21H16BrFN4O2S. The van der Waals surface area contributed by atoms with Crippen molar-refractivity contribution in [1.29, 1.82) is 0 Å². The molecule has 1 N–H and O–H groups in total. The van der Waals surface area contributed by atoms with Gasteiger partial charge in [0.15, 0.2) is 0 Å². The maximum Gasteiger partial charge on any atom is 0.235 e. The van der Waals surface area contributed by atoms with Crippen molar-refractivity contribution in [2.24, 2.45) is 0 Å². The van der Waals surface area contributed by atoms with Crippen LogP contribution in [0.4, 0.5) is 10.1 Å². The first-order valence-corrected chi connectivity index (χ1v) is 11.7. The number of fused-ring (bicyclic) bond motifs is 1. The highest BCUT2D eigenvalue weighted by atomic mass is 79.9. The zero-order chi connectivity index (χ0) is 20.9. The second kappa shape index (κ2) is 7.17. The van der Waals surface area contributed by atoms with E-state index in [1.165, 1.54) is 18.3 Å². The van der Waals surface area contributed by atoms with Crippen LogP contribution >= 0.6 is 15.9 Å². The number of pyridine rings is 1. The Hall–Kier alpha value is -2.78. The molecule has 0 unspecified atom stereocenters. The number of imidazole rings is 1. The standard InChI is InChI=1S/C21H16BrFN4O2S/c22-14-3-6-20-19(10-14)25-12-27(20)16-9-13(21-18(23)2-1-7-24-21)8-15(11-16)26-30(28,29)17-4-5-17/h1-3,6-12,17,26H,4-5H2. The van der Waals surface area contributed by atoms with Gasteiger partial charge in [-0.3, -0.25) is 14.3 Å². The van der Waals surface area contributed by atoms with Crippen LogP contribution in [-0.2, 0) is 10.0 Å². The third kappa shape index (κ3) is 3.59. The molecule has 2 heterocycles. The number of nitrogens with zero attached hydrogens (tertiary/aromatic N) is 3. The minimum Gasteiger partial charge on any atom is -0.299 e. The minimum absolute atomic E-state index is 0.151. The van der Waals surface area contributed by atoms with Gasteiger partial charge in [0.05, 0.1) is 22.0 Å². The van der Waals surface area contributed by atoms with Crippen molar-refractivity contribution >= 4 is 42.7 Å². The van der Waals surface area contributed by atoms with E-state index in [2.05, 4.69) is 30.6 Å². The third-order valence-corrected chi connectivity index (χ3v) is 7.32. The fourth-order valence-corrected chi connectivity index (χ4v) is 5.08. The van der Waals surface area contributed by atoms with Crippen LogP contribution in [0.25, 0.3) is 28.0 Å². The lowest BCUT2D eigenvalue weighted by molar-refractivity contribution is 0.600. The van der Waals surface area contributed by atoms with Crippen molar-refractivity contribution in [3.8, 4) is 16.9 Å². The fourth-order valence-electron chi connectivity index (χ4n) is 3.36. The zero-order valence-corrected chi connectivity index (χ0v) is 18.0. The predicted molar refractivity (Wildman–Crippen MR) is 118 cm³/mol. The highest BCUT2D eigenvalue weighted by Gasteiger charge is 2.35. The van der Waals surface area contributed by atoms with Crippen molar-refractivity contribution < 1.29 is 12.8 Å². The van der Waals surface area contributed by atoms with Crippen molar-refractivity contribution in [2.75, 3.05) is 4.72 Å². The molecule has 0 spiro atoms. The number of rotatable bonds is 5. The highest BCUT2D eigenvalue weighted by molar-refractivity contribution is 9.10. The SMILES string of the molecule is O=S(=O)(Nc1cc(-c2ncccc2F)cc(-n2cnc3cc(Br)ccc32)c1)C1CC1. The van der Waals surface area contributed by atoms with E-state index in [1.807, 2.05) is 22.8 Å². The Morgan fingerprint density at radius 1 is 1.10 bits per heavy atom. The summed E-state index contributed by atoms with van der Waals surface area (Å²) < 4.78 is 44.8. The molecule has 152 valence electrons. The maximum absolute atomic E-state index is 14.4. The van der Waals surface area contributed by atoms with Crippen LogP contribution in [0.15, 0.2) is 65.5 Å². The van der Waals surface area contributed by atoms with E-state index in [1.54, 1.807) is 24.5 Å². The van der Waals surface area contributed by atoms with Crippen LogP contribution in [0, 0.1) is 5.82 Å². The van der Waals surface area contributed by atoms with Crippen molar-refractivity contribution in [2.45, 2.75) is 18.1 Å². The second-order valence-electron chi connectivity index (χ2n) is 7.20. The molecule has 0 bridgehead atoms. The molecule has 1 fully saturated rings. The number of hydrogen-bond donors (Lipinski definition) is 1. The number of halogens is 2. The van der Waals surface area contributed by atoms with E-state index in [0.717, 1.165) is 15.5 Å². The monoisotopic (exact) mass is 486 g/mol. The highest BCUT2D eigenvalue weighted by Crippen LogP contribution is 2.33. The van der Waals surface area contributed by atoms with E-state index >= 15 is 0 Å². The zero-order valence-electron chi connectivity index (χ0n) is 15.6. The van der Waals surface area contributed by atoms with E-state index in [-0.39, 0.29) is 10.9 Å². The van der Waals surface area contributed by atoms with Crippen LogP contribution in [0.1, 0.15) is 12.8 Å². The normalized spacial score (nSPS) is 14.2. The van der Waals surface area contributed by atoms with Gasteiger partial charge in [0.25, 0.3) is 0 Å². The van der Waals surface area contributed by atoms with Gasteiger partial charge < -0.3 is 0 Å². The predicted octanol–water partition coefficient (Wildman–Crippen LogP) is 4.89. The summed E-state index contributed by atoms with van der Waals surface area (Å²) in [5.74, 6) is -0.481. The average Bonchev–Trinajstić information content (AvgIpc) is 3.49. The van der Waals surface area contributed by atoms with Gasteiger partial charge >= 0.3 is 0 Å². The molecule has 0 saturated heterocycles. The van der Waals surface area contributed by atoms with Crippen LogP contribution in [-0.4, -0.2) is 28.2 Å². The third-order valence-electron chi connectivity index (χ3n) is 4.96. The molecule has 0 amide bonds. The molecule has 0 radical (unpaired) electrons. The first-order chi connectivity index (χ1) is 14.4. The Kier molecular flexibility index (Phi) is 4.59. The lowest BCUT2D eigenvalue weighted by Crippen LogP contribution is -2.17. The number of benzene rings is 2. The molecule has 5 rings (SSSR count). The number of anilines is 1. The smallest absolute Gasteiger partial charge is 0.235 e. The molecule has 0 atom stereocenters. The Morgan fingerprint density at radius 3 is 2.70 bits per heavy atom. The topological polar surface area (TPSA) is 76.9 Å². The van der Waals surface area contributed by atoms with Crippen LogP contribution in [0.2, 0.25) is 0 Å². The molecule has 1 aliphatic rings. The molecule has 6 nitrogen and oxygen atoms in total. The molecule has 4 aromatic rings. The van der Waals surface area contributed by atoms with Gasteiger partial charge in [-0.25, -0.2) is 17.8 Å². The fraction of sp³-hybridized carbons (Fsp3) is 0.143. The van der Waals surface area contributed by atoms with Crippen LogP contribution in [0.5, 0.6) is 0 Å². The lowest BCUT2D eigenvalue weighted by Gasteiger charge is -2.13. The molecule has 1 saturated carbocycles. The van der Waals surface area contributed by atoms with Gasteiger partial charge in [-0.05, 0) is 61.4 Å². The molecule has 9 heteroatoms. The molecule has 30 heavy (non-hydrogen) atoms. The molecule has 0 aliphatic heterocycles. The summed E-state index contributed by atoms with van der Waals surface area (Å²) >= 11 is 3.44. The van der Waals surface area contributed by atoms with E-state index < -0.39 is 15.8 Å². The van der Waals surface area contributed by atoms with Crippen LogP contribution < -0.4 is 4.72 Å². The Labute approximate surface area is 181 Å². The maximum atomic E-state index is 14.4. The van der Waals surface area contributed by atoms with Gasteiger partial charge in [0, 0.05) is 21.9 Å². The largest absolute Gasteiger partial charge is 0.299 e. The van der Waals surface area contributed by atoms with Gasteiger partial charge in [-0.1, -0.05) is 15.9 Å². The summed E-state index contributed by atoms with van der Waals surface area (Å²) in [5, 5.41) is -0.373. The Bertz CT molecular complexity index is 1380. The Morgan fingerprint density at radius 2 is 1.93 bits per heavy atom. The average molecular weight is 487 g/mol. The first kappa shape index (κ1) is 19.2. The molecular weight excluding hydrogens is 471 g/mol. The molecule has 2 aromatic carbocycles. The molecule has 1 aliphatic carbocycles. The van der Waals surface area contributed by atoms with Crippen molar-refractivity contribution in [3.63, 3.8) is 0 Å². The number of sulfonamides is 1. The first-order valence-electron chi connectivity index (χ1n) is 9.31.